The van der Waals surface area contributed by atoms with Gasteiger partial charge in [0.15, 0.2) is 14.2 Å². The molecule has 68 valence electrons. The lowest BCUT2D eigenvalue weighted by atomic mass is 10.2. The summed E-state index contributed by atoms with van der Waals surface area (Å²) in [7, 11) is -2.86. The van der Waals surface area contributed by atoms with E-state index in [-0.39, 0.29) is 22.8 Å². The van der Waals surface area contributed by atoms with Gasteiger partial charge in [0.25, 0.3) is 0 Å². The Kier molecular flexibility index (Phi) is 1.87. The highest BCUT2D eigenvalue weighted by molar-refractivity contribution is 8.24. The molecule has 2 atom stereocenters. The van der Waals surface area contributed by atoms with Crippen LogP contribution in [0.5, 0.6) is 0 Å². The summed E-state index contributed by atoms with van der Waals surface area (Å²) in [6.45, 7) is 0. The van der Waals surface area contributed by atoms with Gasteiger partial charge in [-0.25, -0.2) is 14.3 Å². The van der Waals surface area contributed by atoms with Crippen molar-refractivity contribution in [1.29, 1.82) is 0 Å². The van der Waals surface area contributed by atoms with E-state index in [2.05, 4.69) is 0 Å². The van der Waals surface area contributed by atoms with Crippen LogP contribution in [0.2, 0.25) is 0 Å². The number of hydrogen-bond acceptors (Lipinski definition) is 5. The third-order valence-electron chi connectivity index (χ3n) is 2.09. The van der Waals surface area contributed by atoms with E-state index in [1.165, 1.54) is 16.8 Å². The monoisotopic (exact) mass is 224 g/mol. The molecule has 2 aliphatic heterocycles. The SMILES string of the molecule is NN1C(=S)SC2CS(=O)(=O)CC21. The molecule has 0 radical (unpaired) electrons. The molecule has 12 heavy (non-hydrogen) atoms. The zero-order valence-corrected chi connectivity index (χ0v) is 8.58. The molecule has 2 unspecified atom stereocenters. The smallest absolute Gasteiger partial charge is 0.153 e. The molecule has 2 N–H and O–H groups in total. The molecule has 0 aromatic carbocycles. The first kappa shape index (κ1) is 8.74. The highest BCUT2D eigenvalue weighted by atomic mass is 32.2. The molecule has 0 amide bonds. The number of nitrogens with two attached hydrogens (primary N) is 1. The Morgan fingerprint density at radius 2 is 2.25 bits per heavy atom. The summed E-state index contributed by atoms with van der Waals surface area (Å²) in [6, 6.07) is -0.0903. The lowest BCUT2D eigenvalue weighted by Crippen LogP contribution is -2.41. The summed E-state index contributed by atoms with van der Waals surface area (Å²) < 4.78 is 22.9. The highest BCUT2D eigenvalue weighted by Gasteiger charge is 2.47. The largest absolute Gasteiger partial charge is 0.290 e. The Morgan fingerprint density at radius 3 is 2.83 bits per heavy atom. The minimum absolute atomic E-state index is 0.0625. The molecule has 2 rings (SSSR count). The molecule has 2 saturated heterocycles. The van der Waals surface area contributed by atoms with E-state index in [0.29, 0.717) is 4.32 Å². The van der Waals surface area contributed by atoms with Crippen LogP contribution in [-0.2, 0) is 9.84 Å². The van der Waals surface area contributed by atoms with Gasteiger partial charge in [0.1, 0.15) is 0 Å². The van der Waals surface area contributed by atoms with E-state index in [0.717, 1.165) is 0 Å². The molecule has 0 spiro atoms. The Bertz CT molecular complexity index is 326. The summed E-state index contributed by atoms with van der Waals surface area (Å²) in [4.78, 5) is 0. The van der Waals surface area contributed by atoms with Gasteiger partial charge in [0.05, 0.1) is 17.5 Å². The first-order valence-electron chi connectivity index (χ1n) is 3.44. The van der Waals surface area contributed by atoms with Crippen molar-refractivity contribution in [3.63, 3.8) is 0 Å². The normalized spacial score (nSPS) is 38.8. The van der Waals surface area contributed by atoms with E-state index < -0.39 is 9.84 Å². The van der Waals surface area contributed by atoms with Gasteiger partial charge in [0.2, 0.25) is 0 Å². The lowest BCUT2D eigenvalue weighted by molar-refractivity contribution is 0.377. The van der Waals surface area contributed by atoms with Crippen molar-refractivity contribution in [3.8, 4) is 0 Å². The zero-order chi connectivity index (χ0) is 8.93. The Morgan fingerprint density at radius 1 is 1.58 bits per heavy atom. The Labute approximate surface area is 80.4 Å². The summed E-state index contributed by atoms with van der Waals surface area (Å²) in [5.74, 6) is 5.96. The van der Waals surface area contributed by atoms with Crippen LogP contribution in [0.15, 0.2) is 0 Å². The van der Waals surface area contributed by atoms with Gasteiger partial charge in [-0.15, -0.1) is 0 Å². The number of fused-ring (bicyclic) bond motifs is 1. The van der Waals surface area contributed by atoms with Crippen molar-refractivity contribution < 1.29 is 8.42 Å². The van der Waals surface area contributed by atoms with E-state index >= 15 is 0 Å². The zero-order valence-electron chi connectivity index (χ0n) is 6.13. The van der Waals surface area contributed by atoms with Crippen molar-refractivity contribution in [2.75, 3.05) is 11.5 Å². The molecule has 0 bridgehead atoms. The number of hydrazine groups is 1. The molecule has 4 nitrogen and oxygen atoms in total. The van der Waals surface area contributed by atoms with Gasteiger partial charge in [-0.05, 0) is 0 Å². The predicted octanol–water partition coefficient (Wildman–Crippen LogP) is -0.641. The molecular formula is C5H8N2O2S3. The van der Waals surface area contributed by atoms with E-state index in [1.807, 2.05) is 0 Å². The summed E-state index contributed by atoms with van der Waals surface area (Å²) in [5.41, 5.74) is 0. The minimum atomic E-state index is -2.86. The van der Waals surface area contributed by atoms with Crippen LogP contribution in [0, 0.1) is 0 Å². The number of hydrogen-bond donors (Lipinski definition) is 1. The number of thioether (sulfide) groups is 1. The fraction of sp³-hybridized carbons (Fsp3) is 0.800. The quantitative estimate of drug-likeness (QED) is 0.436. The highest BCUT2D eigenvalue weighted by Crippen LogP contribution is 2.35. The van der Waals surface area contributed by atoms with Crippen LogP contribution in [-0.4, -0.2) is 40.5 Å². The van der Waals surface area contributed by atoms with Gasteiger partial charge in [-0.2, -0.15) is 0 Å². The molecule has 2 aliphatic rings. The third-order valence-corrected chi connectivity index (χ3v) is 5.72. The maximum atomic E-state index is 11.2. The van der Waals surface area contributed by atoms with Crippen LogP contribution in [0.3, 0.4) is 0 Å². The van der Waals surface area contributed by atoms with Crippen LogP contribution in [0.25, 0.3) is 0 Å². The number of rotatable bonds is 0. The molecule has 2 fully saturated rings. The van der Waals surface area contributed by atoms with Gasteiger partial charge in [-0.3, -0.25) is 5.01 Å². The van der Waals surface area contributed by atoms with Gasteiger partial charge >= 0.3 is 0 Å². The van der Waals surface area contributed by atoms with Crippen molar-refractivity contribution in [2.45, 2.75) is 11.3 Å². The Balaban J connectivity index is 2.27. The van der Waals surface area contributed by atoms with E-state index in [9.17, 15) is 8.42 Å². The standard InChI is InChI=1S/C5H8N2O2S3/c6-7-3-1-12(8,9)2-4(3)11-5(7)10/h3-4H,1-2,6H2. The summed E-state index contributed by atoms with van der Waals surface area (Å²) in [5, 5.41) is 1.47. The third kappa shape index (κ3) is 1.24. The molecule has 0 aliphatic carbocycles. The number of sulfone groups is 1. The number of nitrogens with zero attached hydrogens (tertiary/aromatic N) is 1. The summed E-state index contributed by atoms with van der Waals surface area (Å²) in [6.07, 6.45) is 0. The van der Waals surface area contributed by atoms with Crippen molar-refractivity contribution in [1.82, 2.24) is 5.01 Å². The average Bonchev–Trinajstić information content (AvgIpc) is 2.33. The molecule has 2 heterocycles. The van der Waals surface area contributed by atoms with Crippen LogP contribution < -0.4 is 5.84 Å². The maximum absolute atomic E-state index is 11.2. The van der Waals surface area contributed by atoms with E-state index in [1.54, 1.807) is 0 Å². The average molecular weight is 224 g/mol. The van der Waals surface area contributed by atoms with Crippen LogP contribution >= 0.6 is 24.0 Å². The minimum Gasteiger partial charge on any atom is -0.290 e. The van der Waals surface area contributed by atoms with Crippen molar-refractivity contribution in [3.05, 3.63) is 0 Å². The fourth-order valence-electron chi connectivity index (χ4n) is 1.49. The summed E-state index contributed by atoms with van der Waals surface area (Å²) >= 11 is 6.34. The van der Waals surface area contributed by atoms with Gasteiger partial charge in [0, 0.05) is 5.25 Å². The molecule has 0 aromatic heterocycles. The molecule has 7 heteroatoms. The molecule has 0 aromatic rings. The number of thiocarbonyl (C=S) groups is 1. The fourth-order valence-corrected chi connectivity index (χ4v) is 5.69. The first-order chi connectivity index (χ1) is 5.49. The second kappa shape index (κ2) is 2.57. The van der Waals surface area contributed by atoms with Crippen molar-refractivity contribution in [2.24, 2.45) is 5.84 Å². The topological polar surface area (TPSA) is 63.4 Å². The maximum Gasteiger partial charge on any atom is 0.153 e. The first-order valence-corrected chi connectivity index (χ1v) is 6.55. The van der Waals surface area contributed by atoms with E-state index in [4.69, 9.17) is 18.1 Å². The predicted molar refractivity (Wildman–Crippen MR) is 52.4 cm³/mol. The molecular weight excluding hydrogens is 216 g/mol. The molecule has 0 saturated carbocycles. The Hall–Kier alpha value is 0.150. The van der Waals surface area contributed by atoms with Crippen molar-refractivity contribution >= 4 is 38.1 Å². The second-order valence-electron chi connectivity index (χ2n) is 2.97. The second-order valence-corrected chi connectivity index (χ2v) is 7.00. The van der Waals surface area contributed by atoms with Crippen LogP contribution in [0.4, 0.5) is 0 Å². The van der Waals surface area contributed by atoms with Gasteiger partial charge in [-0.1, -0.05) is 24.0 Å². The lowest BCUT2D eigenvalue weighted by Gasteiger charge is -2.16. The van der Waals surface area contributed by atoms with Gasteiger partial charge < -0.3 is 0 Å². The van der Waals surface area contributed by atoms with Crippen LogP contribution in [0.1, 0.15) is 0 Å².